The van der Waals surface area contributed by atoms with Crippen LogP contribution in [0.25, 0.3) is 32.9 Å². The Hall–Kier alpha value is -2.74. The molecule has 2 aromatic carbocycles. The van der Waals surface area contributed by atoms with E-state index < -0.39 is 0 Å². The molecule has 0 amide bonds. The number of pyridine rings is 2. The Morgan fingerprint density at radius 3 is 2.52 bits per heavy atom. The monoisotopic (exact) mass is 270 g/mol. The van der Waals surface area contributed by atoms with Gasteiger partial charge in [0.2, 0.25) is 0 Å². The van der Waals surface area contributed by atoms with Crippen molar-refractivity contribution in [1.29, 1.82) is 0 Å². The van der Waals surface area contributed by atoms with Crippen LogP contribution in [0.3, 0.4) is 0 Å². The molecule has 4 aromatic rings. The van der Waals surface area contributed by atoms with E-state index in [4.69, 9.17) is 4.98 Å². The molecule has 0 aliphatic carbocycles. The van der Waals surface area contributed by atoms with E-state index >= 15 is 0 Å². The Kier molecular flexibility index (Phi) is 2.68. The van der Waals surface area contributed by atoms with Crippen molar-refractivity contribution in [3.8, 4) is 11.3 Å². The van der Waals surface area contributed by atoms with E-state index in [-0.39, 0.29) is 0 Å². The van der Waals surface area contributed by atoms with E-state index in [0.29, 0.717) is 0 Å². The minimum absolute atomic E-state index is 0.939. The minimum Gasteiger partial charge on any atom is -0.262 e. The number of hydrogen-bond acceptors (Lipinski definition) is 2. The second-order valence-electron chi connectivity index (χ2n) is 5.27. The standard InChI is InChI=1S/C19H14N2/c1-13-7-8-16-17(11-13)15-9-10-20-12-18(15)21-19(16)14-5-3-2-4-6-14/h2-12H,1H3. The van der Waals surface area contributed by atoms with Gasteiger partial charge in [0.15, 0.2) is 0 Å². The van der Waals surface area contributed by atoms with Gasteiger partial charge in [-0.05, 0) is 18.4 Å². The zero-order valence-corrected chi connectivity index (χ0v) is 11.7. The lowest BCUT2D eigenvalue weighted by Gasteiger charge is -2.10. The maximum absolute atomic E-state index is 4.84. The molecular weight excluding hydrogens is 256 g/mol. The zero-order chi connectivity index (χ0) is 14.2. The number of nitrogens with zero attached hydrogens (tertiary/aromatic N) is 2. The molecule has 0 aliphatic rings. The fourth-order valence-corrected chi connectivity index (χ4v) is 2.79. The summed E-state index contributed by atoms with van der Waals surface area (Å²) in [6.07, 6.45) is 3.66. The molecule has 0 fully saturated rings. The molecule has 2 aromatic heterocycles. The summed E-state index contributed by atoms with van der Waals surface area (Å²) in [6.45, 7) is 2.12. The Labute approximate surface area is 123 Å². The number of benzene rings is 2. The molecule has 0 spiro atoms. The molecule has 21 heavy (non-hydrogen) atoms. The normalized spacial score (nSPS) is 11.1. The summed E-state index contributed by atoms with van der Waals surface area (Å²) in [6, 6.07) is 18.9. The fraction of sp³-hybridized carbons (Fsp3) is 0.0526. The van der Waals surface area contributed by atoms with Crippen LogP contribution >= 0.6 is 0 Å². The second-order valence-corrected chi connectivity index (χ2v) is 5.27. The zero-order valence-electron chi connectivity index (χ0n) is 11.7. The predicted octanol–water partition coefficient (Wildman–Crippen LogP) is 4.76. The highest BCUT2D eigenvalue weighted by molar-refractivity contribution is 6.10. The minimum atomic E-state index is 0.939. The summed E-state index contributed by atoms with van der Waals surface area (Å²) in [7, 11) is 0. The van der Waals surface area contributed by atoms with Crippen LogP contribution in [0.15, 0.2) is 67.0 Å². The summed E-state index contributed by atoms with van der Waals surface area (Å²) >= 11 is 0. The summed E-state index contributed by atoms with van der Waals surface area (Å²) in [4.78, 5) is 9.06. The van der Waals surface area contributed by atoms with Gasteiger partial charge in [0.25, 0.3) is 0 Å². The van der Waals surface area contributed by atoms with Crippen LogP contribution in [0.4, 0.5) is 0 Å². The third-order valence-electron chi connectivity index (χ3n) is 3.80. The molecule has 0 radical (unpaired) electrons. The van der Waals surface area contributed by atoms with Crippen molar-refractivity contribution in [1.82, 2.24) is 9.97 Å². The summed E-state index contributed by atoms with van der Waals surface area (Å²) in [5.74, 6) is 0. The van der Waals surface area contributed by atoms with Gasteiger partial charge in [0, 0.05) is 22.5 Å². The molecule has 0 saturated carbocycles. The molecule has 0 aliphatic heterocycles. The third-order valence-corrected chi connectivity index (χ3v) is 3.80. The Morgan fingerprint density at radius 2 is 1.67 bits per heavy atom. The molecule has 0 N–H and O–H groups in total. The van der Waals surface area contributed by atoms with Crippen molar-refractivity contribution in [2.24, 2.45) is 0 Å². The van der Waals surface area contributed by atoms with Crippen molar-refractivity contribution in [2.45, 2.75) is 6.92 Å². The van der Waals surface area contributed by atoms with E-state index in [1.807, 2.05) is 36.7 Å². The van der Waals surface area contributed by atoms with Crippen LogP contribution in [-0.4, -0.2) is 9.97 Å². The van der Waals surface area contributed by atoms with Crippen molar-refractivity contribution in [2.75, 3.05) is 0 Å². The molecule has 0 atom stereocenters. The van der Waals surface area contributed by atoms with Crippen LogP contribution < -0.4 is 0 Å². The molecule has 2 heterocycles. The predicted molar refractivity (Wildman–Crippen MR) is 87.2 cm³/mol. The average Bonchev–Trinajstić information content (AvgIpc) is 2.55. The maximum Gasteiger partial charge on any atom is 0.0899 e. The van der Waals surface area contributed by atoms with E-state index in [1.165, 1.54) is 16.3 Å². The van der Waals surface area contributed by atoms with Gasteiger partial charge in [-0.1, -0.05) is 54.1 Å². The first-order chi connectivity index (χ1) is 10.3. The van der Waals surface area contributed by atoms with Gasteiger partial charge >= 0.3 is 0 Å². The Morgan fingerprint density at radius 1 is 0.810 bits per heavy atom. The molecular formula is C19H14N2. The van der Waals surface area contributed by atoms with E-state index in [9.17, 15) is 0 Å². The lowest BCUT2D eigenvalue weighted by atomic mass is 9.99. The highest BCUT2D eigenvalue weighted by Gasteiger charge is 2.10. The highest BCUT2D eigenvalue weighted by Crippen LogP contribution is 2.32. The number of rotatable bonds is 1. The SMILES string of the molecule is Cc1ccc2c(-c3ccccc3)nc3cnccc3c2c1. The van der Waals surface area contributed by atoms with Crippen LogP contribution in [0.5, 0.6) is 0 Å². The number of aryl methyl sites for hydroxylation is 1. The first-order valence-corrected chi connectivity index (χ1v) is 7.02. The van der Waals surface area contributed by atoms with Gasteiger partial charge in [-0.25, -0.2) is 4.98 Å². The summed E-state index contributed by atoms with van der Waals surface area (Å²) < 4.78 is 0. The highest BCUT2D eigenvalue weighted by atomic mass is 14.7. The molecule has 2 heteroatoms. The van der Waals surface area contributed by atoms with Crippen LogP contribution in [0.2, 0.25) is 0 Å². The van der Waals surface area contributed by atoms with Crippen molar-refractivity contribution in [3.63, 3.8) is 0 Å². The Bertz CT molecular complexity index is 943. The lowest BCUT2D eigenvalue weighted by Crippen LogP contribution is -1.90. The third kappa shape index (κ3) is 1.96. The van der Waals surface area contributed by atoms with Crippen LogP contribution in [0, 0.1) is 6.92 Å². The smallest absolute Gasteiger partial charge is 0.0899 e. The van der Waals surface area contributed by atoms with Crippen molar-refractivity contribution >= 4 is 21.7 Å². The summed E-state index contributed by atoms with van der Waals surface area (Å²) in [5, 5.41) is 3.58. The molecule has 0 bridgehead atoms. The number of fused-ring (bicyclic) bond motifs is 3. The molecule has 0 unspecified atom stereocenters. The van der Waals surface area contributed by atoms with E-state index in [2.05, 4.69) is 42.2 Å². The largest absolute Gasteiger partial charge is 0.262 e. The van der Waals surface area contributed by atoms with E-state index in [0.717, 1.165) is 22.2 Å². The molecule has 4 rings (SSSR count). The summed E-state index contributed by atoms with van der Waals surface area (Å²) in [5.41, 5.74) is 4.35. The van der Waals surface area contributed by atoms with Gasteiger partial charge in [0.1, 0.15) is 0 Å². The molecule has 100 valence electrons. The molecule has 2 nitrogen and oxygen atoms in total. The quantitative estimate of drug-likeness (QED) is 0.466. The van der Waals surface area contributed by atoms with Gasteiger partial charge in [-0.3, -0.25) is 4.98 Å². The second kappa shape index (κ2) is 4.67. The lowest BCUT2D eigenvalue weighted by molar-refractivity contribution is 1.32. The fourth-order valence-electron chi connectivity index (χ4n) is 2.79. The van der Waals surface area contributed by atoms with Gasteiger partial charge in [-0.15, -0.1) is 0 Å². The van der Waals surface area contributed by atoms with Crippen LogP contribution in [-0.2, 0) is 0 Å². The molecule has 0 saturated heterocycles. The topological polar surface area (TPSA) is 25.8 Å². The van der Waals surface area contributed by atoms with Crippen molar-refractivity contribution in [3.05, 3.63) is 72.6 Å². The van der Waals surface area contributed by atoms with Gasteiger partial charge < -0.3 is 0 Å². The van der Waals surface area contributed by atoms with Gasteiger partial charge in [-0.2, -0.15) is 0 Å². The van der Waals surface area contributed by atoms with Crippen molar-refractivity contribution < 1.29 is 0 Å². The number of hydrogen-bond donors (Lipinski definition) is 0. The number of aromatic nitrogens is 2. The average molecular weight is 270 g/mol. The Balaban J connectivity index is 2.19. The van der Waals surface area contributed by atoms with E-state index in [1.54, 1.807) is 0 Å². The maximum atomic E-state index is 4.84. The van der Waals surface area contributed by atoms with Crippen LogP contribution in [0.1, 0.15) is 5.56 Å². The first-order valence-electron chi connectivity index (χ1n) is 7.02. The first kappa shape index (κ1) is 12.0. The van der Waals surface area contributed by atoms with Gasteiger partial charge in [0.05, 0.1) is 17.4 Å².